The molecule has 138 valence electrons. The topological polar surface area (TPSA) is 63.7 Å². The van der Waals surface area contributed by atoms with Crippen molar-refractivity contribution in [1.29, 1.82) is 0 Å². The van der Waals surface area contributed by atoms with E-state index >= 15 is 0 Å². The van der Waals surface area contributed by atoms with Gasteiger partial charge in [0.2, 0.25) is 0 Å². The van der Waals surface area contributed by atoms with Gasteiger partial charge in [0.15, 0.2) is 0 Å². The van der Waals surface area contributed by atoms with Crippen molar-refractivity contribution in [3.63, 3.8) is 0 Å². The third kappa shape index (κ3) is 3.17. The molecule has 0 amide bonds. The third-order valence-electron chi connectivity index (χ3n) is 4.17. The van der Waals surface area contributed by atoms with Crippen LogP contribution in [-0.4, -0.2) is 27.0 Å². The molecule has 2 aromatic rings. The molecule has 0 saturated heterocycles. The fraction of sp³-hybridized carbons (Fsp3) is 0.278. The van der Waals surface area contributed by atoms with Crippen LogP contribution in [0.1, 0.15) is 29.8 Å². The highest BCUT2D eigenvalue weighted by Gasteiger charge is 2.37. The number of halogens is 2. The molecule has 1 atom stereocenters. The number of rotatable bonds is 3. The summed E-state index contributed by atoms with van der Waals surface area (Å²) in [6.45, 7) is 3.51. The summed E-state index contributed by atoms with van der Waals surface area (Å²) in [5, 5.41) is 0.449. The summed E-state index contributed by atoms with van der Waals surface area (Å²) in [6.07, 6.45) is 0.397. The zero-order chi connectivity index (χ0) is 19.1. The lowest BCUT2D eigenvalue weighted by atomic mass is 10.1. The molecule has 0 spiro atoms. The summed E-state index contributed by atoms with van der Waals surface area (Å²) in [4.78, 5) is 11.8. The molecule has 0 radical (unpaired) electrons. The second-order valence-corrected chi connectivity index (χ2v) is 8.21. The molecule has 1 aliphatic rings. The minimum absolute atomic E-state index is 0.0299. The standard InChI is InChI=1S/C18H17ClFNO4S/c1-3-25-18(22)12-4-6-16(15(20)10-12)21-11(2)8-13-9-14(19)5-7-17(13)26(21,23)24/h4-7,9-11H,3,8H2,1-2H3. The summed E-state index contributed by atoms with van der Waals surface area (Å²) in [6, 6.07) is 7.67. The lowest BCUT2D eigenvalue weighted by Gasteiger charge is -2.35. The number of carbonyl (C=O) groups excluding carboxylic acids is 1. The Kier molecular flexibility index (Phi) is 4.94. The van der Waals surface area contributed by atoms with E-state index in [1.54, 1.807) is 19.9 Å². The Morgan fingerprint density at radius 1 is 1.31 bits per heavy atom. The first-order chi connectivity index (χ1) is 12.3. The number of fused-ring (bicyclic) bond motifs is 1. The Morgan fingerprint density at radius 3 is 2.69 bits per heavy atom. The van der Waals surface area contributed by atoms with E-state index in [4.69, 9.17) is 16.3 Å². The maximum absolute atomic E-state index is 14.7. The first-order valence-electron chi connectivity index (χ1n) is 8.05. The van der Waals surface area contributed by atoms with Gasteiger partial charge in [-0.05, 0) is 62.2 Å². The summed E-state index contributed by atoms with van der Waals surface area (Å²) in [5.74, 6) is -1.46. The van der Waals surface area contributed by atoms with Crippen molar-refractivity contribution in [2.24, 2.45) is 0 Å². The number of nitrogens with zero attached hydrogens (tertiary/aromatic N) is 1. The SMILES string of the molecule is CCOC(=O)c1ccc(N2C(C)Cc3cc(Cl)ccc3S2(=O)=O)c(F)c1. The van der Waals surface area contributed by atoms with Crippen LogP contribution >= 0.6 is 11.6 Å². The van der Waals surface area contributed by atoms with Gasteiger partial charge in [-0.25, -0.2) is 17.6 Å². The van der Waals surface area contributed by atoms with E-state index in [1.165, 1.54) is 24.3 Å². The van der Waals surface area contributed by atoms with Gasteiger partial charge in [-0.1, -0.05) is 11.6 Å². The Morgan fingerprint density at radius 2 is 2.04 bits per heavy atom. The smallest absolute Gasteiger partial charge is 0.338 e. The fourth-order valence-electron chi connectivity index (χ4n) is 3.10. The first kappa shape index (κ1) is 18.7. The van der Waals surface area contributed by atoms with Crippen LogP contribution < -0.4 is 4.31 Å². The molecular weight excluding hydrogens is 381 g/mol. The van der Waals surface area contributed by atoms with Crippen molar-refractivity contribution in [1.82, 2.24) is 0 Å². The van der Waals surface area contributed by atoms with E-state index in [0.717, 1.165) is 10.4 Å². The van der Waals surface area contributed by atoms with Crippen LogP contribution in [0.5, 0.6) is 0 Å². The Labute approximate surface area is 156 Å². The number of sulfonamides is 1. The van der Waals surface area contributed by atoms with Gasteiger partial charge < -0.3 is 4.74 Å². The number of ether oxygens (including phenoxy) is 1. The van der Waals surface area contributed by atoms with Gasteiger partial charge >= 0.3 is 5.97 Å². The number of hydrogen-bond donors (Lipinski definition) is 0. The van der Waals surface area contributed by atoms with Crippen LogP contribution in [0.4, 0.5) is 10.1 Å². The van der Waals surface area contributed by atoms with Crippen molar-refractivity contribution >= 4 is 33.3 Å². The van der Waals surface area contributed by atoms with E-state index in [-0.39, 0.29) is 22.8 Å². The molecule has 26 heavy (non-hydrogen) atoms. The molecule has 1 unspecified atom stereocenters. The molecule has 3 rings (SSSR count). The molecule has 0 aliphatic carbocycles. The highest BCUT2D eigenvalue weighted by atomic mass is 35.5. The normalized spacial score (nSPS) is 18.3. The number of benzene rings is 2. The Hall–Kier alpha value is -2.12. The summed E-state index contributed by atoms with van der Waals surface area (Å²) in [7, 11) is -3.95. The maximum Gasteiger partial charge on any atom is 0.338 e. The summed E-state index contributed by atoms with van der Waals surface area (Å²) < 4.78 is 46.6. The molecular formula is C18H17ClFNO4S. The molecule has 8 heteroatoms. The van der Waals surface area contributed by atoms with Gasteiger partial charge in [-0.15, -0.1) is 0 Å². The predicted octanol–water partition coefficient (Wildman–Crippen LogP) is 3.80. The molecule has 0 saturated carbocycles. The van der Waals surface area contributed by atoms with Gasteiger partial charge in [0.1, 0.15) is 5.82 Å². The molecule has 0 fully saturated rings. The average molecular weight is 398 g/mol. The van der Waals surface area contributed by atoms with Crippen LogP contribution in [0.25, 0.3) is 0 Å². The average Bonchev–Trinajstić information content (AvgIpc) is 2.55. The van der Waals surface area contributed by atoms with Gasteiger partial charge in [0.25, 0.3) is 10.0 Å². The zero-order valence-corrected chi connectivity index (χ0v) is 15.8. The van der Waals surface area contributed by atoms with Crippen LogP contribution in [0.2, 0.25) is 5.02 Å². The van der Waals surface area contributed by atoms with E-state index in [0.29, 0.717) is 17.0 Å². The second kappa shape index (κ2) is 6.89. The van der Waals surface area contributed by atoms with Crippen LogP contribution in [0.3, 0.4) is 0 Å². The van der Waals surface area contributed by atoms with Gasteiger partial charge in [0, 0.05) is 11.1 Å². The zero-order valence-electron chi connectivity index (χ0n) is 14.2. The van der Waals surface area contributed by atoms with Crippen LogP contribution in [0.15, 0.2) is 41.3 Å². The number of anilines is 1. The van der Waals surface area contributed by atoms with E-state index in [2.05, 4.69) is 0 Å². The summed E-state index contributed by atoms with van der Waals surface area (Å²) in [5.41, 5.74) is 0.526. The van der Waals surface area contributed by atoms with Crippen molar-refractivity contribution < 1.29 is 22.3 Å². The molecule has 0 aromatic heterocycles. The van der Waals surface area contributed by atoms with Gasteiger partial charge in [-0.2, -0.15) is 0 Å². The van der Waals surface area contributed by atoms with Crippen LogP contribution in [-0.2, 0) is 21.2 Å². The van der Waals surface area contributed by atoms with Crippen molar-refractivity contribution in [3.8, 4) is 0 Å². The molecule has 1 heterocycles. The monoisotopic (exact) mass is 397 g/mol. The molecule has 0 bridgehead atoms. The Balaban J connectivity index is 2.06. The quantitative estimate of drug-likeness (QED) is 0.739. The number of esters is 1. The minimum Gasteiger partial charge on any atom is -0.462 e. The highest BCUT2D eigenvalue weighted by Crippen LogP contribution is 2.36. The van der Waals surface area contributed by atoms with Crippen molar-refractivity contribution in [3.05, 3.63) is 58.4 Å². The third-order valence-corrected chi connectivity index (χ3v) is 6.43. The second-order valence-electron chi connectivity index (χ2n) is 5.99. The molecule has 0 N–H and O–H groups in total. The van der Waals surface area contributed by atoms with Gasteiger partial charge in [0.05, 0.1) is 22.8 Å². The highest BCUT2D eigenvalue weighted by molar-refractivity contribution is 7.93. The largest absolute Gasteiger partial charge is 0.462 e. The summed E-state index contributed by atoms with van der Waals surface area (Å²) >= 11 is 5.96. The minimum atomic E-state index is -3.95. The first-order valence-corrected chi connectivity index (χ1v) is 9.87. The lowest BCUT2D eigenvalue weighted by molar-refractivity contribution is 0.0526. The van der Waals surface area contributed by atoms with E-state index in [9.17, 15) is 17.6 Å². The van der Waals surface area contributed by atoms with Crippen molar-refractivity contribution in [2.75, 3.05) is 10.9 Å². The Bertz CT molecular complexity index is 977. The van der Waals surface area contributed by atoms with E-state index < -0.39 is 27.9 Å². The van der Waals surface area contributed by atoms with Crippen LogP contribution in [0, 0.1) is 5.82 Å². The number of hydrogen-bond acceptors (Lipinski definition) is 4. The maximum atomic E-state index is 14.7. The number of carbonyl (C=O) groups is 1. The molecule has 2 aromatic carbocycles. The molecule has 5 nitrogen and oxygen atoms in total. The lowest BCUT2D eigenvalue weighted by Crippen LogP contribution is -2.44. The van der Waals surface area contributed by atoms with Gasteiger partial charge in [-0.3, -0.25) is 4.31 Å². The molecule has 1 aliphatic heterocycles. The van der Waals surface area contributed by atoms with Crippen molar-refractivity contribution in [2.45, 2.75) is 31.2 Å². The van der Waals surface area contributed by atoms with E-state index in [1.807, 2.05) is 0 Å². The fourth-order valence-corrected chi connectivity index (χ4v) is 5.17. The predicted molar refractivity (Wildman–Crippen MR) is 96.6 cm³/mol.